The maximum absolute atomic E-state index is 14.2. The van der Waals surface area contributed by atoms with Gasteiger partial charge in [-0.3, -0.25) is 4.79 Å². The van der Waals surface area contributed by atoms with Crippen LogP contribution in [0.25, 0.3) is 0 Å². The van der Waals surface area contributed by atoms with Crippen LogP contribution in [-0.4, -0.2) is 25.2 Å². The Morgan fingerprint density at radius 1 is 1.62 bits per heavy atom. The molecule has 0 saturated carbocycles. The largest absolute Gasteiger partial charge is 0.368 e. The van der Waals surface area contributed by atoms with Crippen molar-refractivity contribution >= 4 is 27.5 Å². The molecule has 1 aromatic carbocycles. The fourth-order valence-corrected chi connectivity index (χ4v) is 2.97. The molecule has 0 aromatic heterocycles. The van der Waals surface area contributed by atoms with Gasteiger partial charge in [-0.25, -0.2) is 4.39 Å². The van der Waals surface area contributed by atoms with Crippen molar-refractivity contribution < 1.29 is 13.9 Å². The zero-order valence-electron chi connectivity index (χ0n) is 12.1. The third-order valence-corrected chi connectivity index (χ3v) is 3.97. The second-order valence-corrected chi connectivity index (χ2v) is 5.99. The minimum Gasteiger partial charge on any atom is -0.368 e. The molecule has 0 radical (unpaired) electrons. The summed E-state index contributed by atoms with van der Waals surface area (Å²) in [5.41, 5.74) is 1.26. The second kappa shape index (κ2) is 7.18. The van der Waals surface area contributed by atoms with Crippen molar-refractivity contribution in [2.45, 2.75) is 32.3 Å². The third kappa shape index (κ3) is 3.71. The molecule has 1 heterocycles. The van der Waals surface area contributed by atoms with Crippen molar-refractivity contribution in [1.82, 2.24) is 0 Å². The lowest BCUT2D eigenvalue weighted by Crippen LogP contribution is -2.42. The molecule has 1 aliphatic heterocycles. The number of anilines is 1. The van der Waals surface area contributed by atoms with Crippen molar-refractivity contribution in [1.29, 1.82) is 0 Å². The Bertz CT molecular complexity index is 547. The topological polar surface area (TPSA) is 29.5 Å². The number of halogens is 2. The molecule has 0 spiro atoms. The van der Waals surface area contributed by atoms with E-state index >= 15 is 0 Å². The molecule has 5 heteroatoms. The number of carbonyl (C=O) groups is 1. The van der Waals surface area contributed by atoms with E-state index in [1.54, 1.807) is 13.0 Å². The van der Waals surface area contributed by atoms with E-state index in [0.717, 1.165) is 18.4 Å². The van der Waals surface area contributed by atoms with Crippen LogP contribution in [0.1, 0.15) is 25.3 Å². The molecular formula is C16H19BrFNO2. The zero-order chi connectivity index (χ0) is 15.4. The minimum absolute atomic E-state index is 0.193. The molecular weight excluding hydrogens is 337 g/mol. The van der Waals surface area contributed by atoms with Crippen molar-refractivity contribution in [3.05, 3.63) is 40.6 Å². The van der Waals surface area contributed by atoms with Gasteiger partial charge in [0.1, 0.15) is 11.9 Å². The summed E-state index contributed by atoms with van der Waals surface area (Å²) in [5, 5.41) is 0. The number of benzene rings is 1. The van der Waals surface area contributed by atoms with Gasteiger partial charge in [0.25, 0.3) is 5.91 Å². The number of amides is 1. The molecule has 0 fully saturated rings. The highest BCUT2D eigenvalue weighted by atomic mass is 79.9. The SMILES string of the molecule is C=CCCOC(C)C(=O)N1CCCc2cc(Br)cc(F)c21. The number of fused-ring (bicyclic) bond motifs is 1. The standard InChI is InChI=1S/C16H19BrFNO2/c1-3-4-8-21-11(2)16(20)19-7-5-6-12-9-13(17)10-14(18)15(12)19/h3,9-11H,1,4-8H2,2H3. The fraction of sp³-hybridized carbons (Fsp3) is 0.438. The summed E-state index contributed by atoms with van der Waals surface area (Å²) < 4.78 is 20.4. The lowest BCUT2D eigenvalue weighted by Gasteiger charge is -2.31. The number of nitrogens with zero attached hydrogens (tertiary/aromatic N) is 1. The number of carbonyl (C=O) groups excluding carboxylic acids is 1. The Labute approximate surface area is 132 Å². The highest BCUT2D eigenvalue weighted by Gasteiger charge is 2.29. The summed E-state index contributed by atoms with van der Waals surface area (Å²) in [5.74, 6) is -0.563. The molecule has 0 bridgehead atoms. The summed E-state index contributed by atoms with van der Waals surface area (Å²) >= 11 is 3.29. The maximum atomic E-state index is 14.2. The Hall–Kier alpha value is -1.20. The molecule has 1 aromatic rings. The van der Waals surface area contributed by atoms with Crippen LogP contribution >= 0.6 is 15.9 Å². The van der Waals surface area contributed by atoms with E-state index in [4.69, 9.17) is 4.74 Å². The minimum atomic E-state index is -0.584. The first-order valence-electron chi connectivity index (χ1n) is 7.06. The Kier molecular flexibility index (Phi) is 5.53. The second-order valence-electron chi connectivity index (χ2n) is 5.08. The van der Waals surface area contributed by atoms with Gasteiger partial charge < -0.3 is 9.64 Å². The van der Waals surface area contributed by atoms with E-state index in [2.05, 4.69) is 22.5 Å². The number of hydrogen-bond donors (Lipinski definition) is 0. The van der Waals surface area contributed by atoms with Crippen LogP contribution in [0.15, 0.2) is 29.3 Å². The van der Waals surface area contributed by atoms with Crippen LogP contribution in [0.3, 0.4) is 0 Å². The molecule has 114 valence electrons. The summed E-state index contributed by atoms with van der Waals surface area (Å²) in [6.45, 7) is 6.29. The van der Waals surface area contributed by atoms with Crippen molar-refractivity contribution in [3.63, 3.8) is 0 Å². The molecule has 3 nitrogen and oxygen atoms in total. The molecule has 1 amide bonds. The number of hydrogen-bond acceptors (Lipinski definition) is 2. The molecule has 1 atom stereocenters. The van der Waals surface area contributed by atoms with Crippen LogP contribution in [0, 0.1) is 5.82 Å². The average Bonchev–Trinajstić information content (AvgIpc) is 2.45. The molecule has 0 N–H and O–H groups in total. The predicted molar refractivity (Wildman–Crippen MR) is 85.0 cm³/mol. The first-order chi connectivity index (χ1) is 10.0. The van der Waals surface area contributed by atoms with Crippen LogP contribution in [0.5, 0.6) is 0 Å². The highest BCUT2D eigenvalue weighted by Crippen LogP contribution is 2.33. The van der Waals surface area contributed by atoms with E-state index in [1.807, 2.05) is 6.07 Å². The van der Waals surface area contributed by atoms with E-state index < -0.39 is 6.10 Å². The van der Waals surface area contributed by atoms with Gasteiger partial charge >= 0.3 is 0 Å². The molecule has 1 unspecified atom stereocenters. The van der Waals surface area contributed by atoms with E-state index in [0.29, 0.717) is 29.7 Å². The molecule has 0 saturated heterocycles. The molecule has 0 aliphatic carbocycles. The first kappa shape index (κ1) is 16.2. The smallest absolute Gasteiger partial charge is 0.255 e. The van der Waals surface area contributed by atoms with Crippen molar-refractivity contribution in [2.75, 3.05) is 18.1 Å². The molecule has 2 rings (SSSR count). The van der Waals surface area contributed by atoms with Gasteiger partial charge in [0.2, 0.25) is 0 Å². The van der Waals surface area contributed by atoms with Crippen molar-refractivity contribution in [3.8, 4) is 0 Å². The average molecular weight is 356 g/mol. The summed E-state index contributed by atoms with van der Waals surface area (Å²) in [6, 6.07) is 3.27. The Balaban J connectivity index is 2.19. The van der Waals surface area contributed by atoms with Gasteiger partial charge in [-0.2, -0.15) is 0 Å². The summed E-state index contributed by atoms with van der Waals surface area (Å²) in [7, 11) is 0. The van der Waals surface area contributed by atoms with Crippen LogP contribution in [0.4, 0.5) is 10.1 Å². The molecule has 1 aliphatic rings. The predicted octanol–water partition coefficient (Wildman–Crippen LogP) is 3.85. The van der Waals surface area contributed by atoms with Gasteiger partial charge in [-0.15, -0.1) is 6.58 Å². The summed E-state index contributed by atoms with van der Waals surface area (Å²) in [4.78, 5) is 14.0. The monoisotopic (exact) mass is 355 g/mol. The van der Waals surface area contributed by atoms with E-state index in [1.165, 1.54) is 11.0 Å². The Morgan fingerprint density at radius 3 is 3.10 bits per heavy atom. The van der Waals surface area contributed by atoms with E-state index in [-0.39, 0.29) is 11.7 Å². The first-order valence-corrected chi connectivity index (χ1v) is 7.85. The molecule has 21 heavy (non-hydrogen) atoms. The summed E-state index contributed by atoms with van der Waals surface area (Å²) in [6.07, 6.45) is 3.45. The number of aryl methyl sites for hydroxylation is 1. The number of ether oxygens (including phenoxy) is 1. The van der Waals surface area contributed by atoms with E-state index in [9.17, 15) is 9.18 Å². The highest BCUT2D eigenvalue weighted by molar-refractivity contribution is 9.10. The lowest BCUT2D eigenvalue weighted by atomic mass is 10.0. The van der Waals surface area contributed by atoms with Gasteiger partial charge in [-0.05, 0) is 43.9 Å². The van der Waals surface area contributed by atoms with Crippen molar-refractivity contribution in [2.24, 2.45) is 0 Å². The lowest BCUT2D eigenvalue weighted by molar-refractivity contribution is -0.129. The maximum Gasteiger partial charge on any atom is 0.255 e. The fourth-order valence-electron chi connectivity index (χ4n) is 2.49. The van der Waals surface area contributed by atoms with Gasteiger partial charge in [0, 0.05) is 11.0 Å². The third-order valence-electron chi connectivity index (χ3n) is 3.51. The normalized spacial score (nSPS) is 15.5. The quantitative estimate of drug-likeness (QED) is 0.593. The van der Waals surface area contributed by atoms with Gasteiger partial charge in [-0.1, -0.05) is 22.0 Å². The zero-order valence-corrected chi connectivity index (χ0v) is 13.7. The van der Waals surface area contributed by atoms with Gasteiger partial charge in [0.05, 0.1) is 12.3 Å². The number of rotatable bonds is 5. The van der Waals surface area contributed by atoms with Crippen LogP contribution in [0.2, 0.25) is 0 Å². The van der Waals surface area contributed by atoms with Gasteiger partial charge in [0.15, 0.2) is 0 Å². The van der Waals surface area contributed by atoms with Crippen LogP contribution < -0.4 is 4.90 Å². The Morgan fingerprint density at radius 2 is 2.38 bits per heavy atom. The van der Waals surface area contributed by atoms with Crippen LogP contribution in [-0.2, 0) is 16.0 Å².